The minimum atomic E-state index is -0.841. The predicted molar refractivity (Wildman–Crippen MR) is 104 cm³/mol. The van der Waals surface area contributed by atoms with Gasteiger partial charge in [-0.2, -0.15) is 0 Å². The maximum absolute atomic E-state index is 11.8. The molecule has 5 nitrogen and oxygen atoms in total. The Hall–Kier alpha value is -1.59. The van der Waals surface area contributed by atoms with Gasteiger partial charge in [-0.05, 0) is 63.9 Å². The number of aliphatic hydroxyl groups is 1. The van der Waals surface area contributed by atoms with Crippen LogP contribution in [0.2, 0.25) is 0 Å². The molecule has 1 aromatic rings. The lowest BCUT2D eigenvalue weighted by Gasteiger charge is -2.44. The lowest BCUT2D eigenvalue weighted by Crippen LogP contribution is -2.53. The fourth-order valence-corrected chi connectivity index (χ4v) is 5.21. The van der Waals surface area contributed by atoms with Crippen LogP contribution in [0.3, 0.4) is 0 Å². The molecule has 0 saturated heterocycles. The number of rotatable bonds is 5. The van der Waals surface area contributed by atoms with Crippen LogP contribution in [0.4, 0.5) is 4.79 Å². The first kappa shape index (κ1) is 20.2. The molecule has 2 aliphatic rings. The van der Waals surface area contributed by atoms with E-state index >= 15 is 0 Å². The van der Waals surface area contributed by atoms with Crippen LogP contribution in [0.1, 0.15) is 52.0 Å². The molecule has 0 aromatic heterocycles. The van der Waals surface area contributed by atoms with E-state index in [1.54, 1.807) is 4.90 Å². The van der Waals surface area contributed by atoms with Crippen LogP contribution >= 0.6 is 0 Å². The number of aliphatic hydroxyl groups excluding tert-OH is 1. The summed E-state index contributed by atoms with van der Waals surface area (Å²) < 4.78 is 5.93. The van der Waals surface area contributed by atoms with Gasteiger partial charge in [-0.15, -0.1) is 0 Å². The van der Waals surface area contributed by atoms with E-state index in [9.17, 15) is 15.0 Å². The molecule has 150 valence electrons. The topological polar surface area (TPSA) is 70.0 Å². The molecule has 1 unspecified atom stereocenters. The number of benzene rings is 1. The molecular formula is C22H33NO4. The van der Waals surface area contributed by atoms with Crippen molar-refractivity contribution in [3.05, 3.63) is 35.9 Å². The fraction of sp³-hybridized carbons (Fsp3) is 0.682. The molecule has 0 radical (unpaired) electrons. The summed E-state index contributed by atoms with van der Waals surface area (Å²) in [4.78, 5) is 13.4. The number of hydrogen-bond acceptors (Lipinski definition) is 3. The van der Waals surface area contributed by atoms with Crippen LogP contribution in [-0.4, -0.2) is 45.5 Å². The summed E-state index contributed by atoms with van der Waals surface area (Å²) in [6.45, 7) is 7.01. The molecule has 27 heavy (non-hydrogen) atoms. The molecule has 0 spiro atoms. The zero-order chi connectivity index (χ0) is 19.6. The summed E-state index contributed by atoms with van der Waals surface area (Å²) in [6, 6.07) is 10.1. The molecule has 5 atom stereocenters. The number of nitrogens with zero attached hydrogens (tertiary/aromatic N) is 1. The number of carboxylic acid groups (broad SMARTS) is 1. The molecule has 0 bridgehead atoms. The van der Waals surface area contributed by atoms with Crippen molar-refractivity contribution in [1.82, 2.24) is 4.90 Å². The first-order chi connectivity index (χ1) is 12.8. The van der Waals surface area contributed by atoms with E-state index in [2.05, 4.69) is 0 Å². The van der Waals surface area contributed by atoms with Gasteiger partial charge >= 0.3 is 6.09 Å². The summed E-state index contributed by atoms with van der Waals surface area (Å²) in [6.07, 6.45) is 2.26. The van der Waals surface area contributed by atoms with Crippen LogP contribution in [-0.2, 0) is 11.3 Å². The van der Waals surface area contributed by atoms with E-state index in [1.165, 1.54) is 0 Å². The van der Waals surface area contributed by atoms with Gasteiger partial charge in [-0.3, -0.25) is 0 Å². The van der Waals surface area contributed by atoms with E-state index in [4.69, 9.17) is 4.74 Å². The Balaban J connectivity index is 1.58. The molecule has 2 fully saturated rings. The van der Waals surface area contributed by atoms with E-state index in [0.29, 0.717) is 25.0 Å². The third-order valence-corrected chi connectivity index (χ3v) is 6.32. The maximum Gasteiger partial charge on any atom is 0.407 e. The average Bonchev–Trinajstić information content (AvgIpc) is 2.89. The first-order valence-electron chi connectivity index (χ1n) is 10.1. The van der Waals surface area contributed by atoms with Gasteiger partial charge in [0.2, 0.25) is 0 Å². The highest BCUT2D eigenvalue weighted by Crippen LogP contribution is 2.47. The average molecular weight is 376 g/mol. The van der Waals surface area contributed by atoms with Crippen molar-refractivity contribution in [3.8, 4) is 0 Å². The zero-order valence-corrected chi connectivity index (χ0v) is 16.7. The number of hydrogen-bond donors (Lipinski definition) is 2. The van der Waals surface area contributed by atoms with Crippen molar-refractivity contribution in [2.24, 2.45) is 17.8 Å². The van der Waals surface area contributed by atoms with Crippen LogP contribution in [0.25, 0.3) is 0 Å². The Morgan fingerprint density at radius 3 is 2.52 bits per heavy atom. The molecule has 1 amide bonds. The predicted octanol–water partition coefficient (Wildman–Crippen LogP) is 4.15. The number of amides is 1. The number of fused-ring (bicyclic) bond motifs is 1. The van der Waals surface area contributed by atoms with Gasteiger partial charge in [0.15, 0.2) is 0 Å². The second-order valence-corrected chi connectivity index (χ2v) is 9.18. The number of ether oxygens (including phenoxy) is 1. The summed E-state index contributed by atoms with van der Waals surface area (Å²) in [5, 5.41) is 20.3. The van der Waals surface area contributed by atoms with Crippen LogP contribution < -0.4 is 0 Å². The monoisotopic (exact) mass is 375 g/mol. The quantitative estimate of drug-likeness (QED) is 0.811. The second-order valence-electron chi connectivity index (χ2n) is 9.18. The Kier molecular flexibility index (Phi) is 6.11. The maximum atomic E-state index is 11.8. The number of carbonyl (C=O) groups is 1. The summed E-state index contributed by atoms with van der Waals surface area (Å²) >= 11 is 0. The summed E-state index contributed by atoms with van der Waals surface area (Å²) in [5.74, 6) is 0.975. The van der Waals surface area contributed by atoms with Crippen molar-refractivity contribution in [3.63, 3.8) is 0 Å². The van der Waals surface area contributed by atoms with Gasteiger partial charge in [-0.25, -0.2) is 4.79 Å². The van der Waals surface area contributed by atoms with Crippen molar-refractivity contribution in [1.29, 1.82) is 0 Å². The van der Waals surface area contributed by atoms with Crippen molar-refractivity contribution in [2.45, 2.75) is 70.7 Å². The molecule has 0 aliphatic heterocycles. The first-order valence-corrected chi connectivity index (χ1v) is 10.1. The molecule has 5 heteroatoms. The third-order valence-electron chi connectivity index (χ3n) is 6.32. The second kappa shape index (κ2) is 8.19. The molecule has 2 aliphatic carbocycles. The van der Waals surface area contributed by atoms with E-state index in [1.807, 2.05) is 51.1 Å². The summed E-state index contributed by atoms with van der Waals surface area (Å²) in [5.41, 5.74) is 0.742. The van der Waals surface area contributed by atoms with Crippen LogP contribution in [0.15, 0.2) is 30.3 Å². The van der Waals surface area contributed by atoms with Gasteiger partial charge < -0.3 is 19.8 Å². The highest BCUT2D eigenvalue weighted by molar-refractivity contribution is 5.66. The molecule has 0 heterocycles. The van der Waals surface area contributed by atoms with Crippen LogP contribution in [0, 0.1) is 17.8 Å². The lowest BCUT2D eigenvalue weighted by molar-refractivity contribution is 0.00501. The lowest BCUT2D eigenvalue weighted by atomic mass is 9.75. The van der Waals surface area contributed by atoms with Crippen LogP contribution in [0.5, 0.6) is 0 Å². The highest BCUT2D eigenvalue weighted by atomic mass is 16.5. The highest BCUT2D eigenvalue weighted by Gasteiger charge is 2.47. The Labute approximate surface area is 162 Å². The molecule has 2 saturated carbocycles. The van der Waals surface area contributed by atoms with Crippen molar-refractivity contribution in [2.75, 3.05) is 6.61 Å². The molecule has 2 N–H and O–H groups in total. The smallest absolute Gasteiger partial charge is 0.407 e. The Morgan fingerprint density at radius 1 is 1.19 bits per heavy atom. The van der Waals surface area contributed by atoms with E-state index in [-0.39, 0.29) is 18.1 Å². The zero-order valence-electron chi connectivity index (χ0n) is 16.7. The normalized spacial score (nSPS) is 30.7. The van der Waals surface area contributed by atoms with E-state index < -0.39 is 11.6 Å². The van der Waals surface area contributed by atoms with Gasteiger partial charge in [-0.1, -0.05) is 30.3 Å². The van der Waals surface area contributed by atoms with E-state index in [0.717, 1.165) is 31.2 Å². The third kappa shape index (κ3) is 4.64. The minimum absolute atomic E-state index is 0.0416. The Morgan fingerprint density at radius 2 is 1.89 bits per heavy atom. The van der Waals surface area contributed by atoms with Gasteiger partial charge in [0.1, 0.15) is 0 Å². The Bertz CT molecular complexity index is 627. The molecule has 1 aromatic carbocycles. The van der Waals surface area contributed by atoms with Crippen molar-refractivity contribution >= 4 is 6.09 Å². The largest absolute Gasteiger partial charge is 0.465 e. The van der Waals surface area contributed by atoms with Gasteiger partial charge in [0.25, 0.3) is 0 Å². The van der Waals surface area contributed by atoms with Gasteiger partial charge in [0.05, 0.1) is 19.3 Å². The summed E-state index contributed by atoms with van der Waals surface area (Å²) in [7, 11) is 0. The van der Waals surface area contributed by atoms with Gasteiger partial charge in [0, 0.05) is 17.5 Å². The minimum Gasteiger partial charge on any atom is -0.465 e. The molecular weight excluding hydrogens is 342 g/mol. The van der Waals surface area contributed by atoms with Crippen molar-refractivity contribution < 1.29 is 19.7 Å². The standard InChI is InChI=1S/C22H33NO4/c1-22(2,3)23(21(25)26)17-9-10-18-16(11-17)12-20(24)19(18)14-27-13-15-7-5-4-6-8-15/h4-8,16-20,24H,9-14H2,1-3H3,(H,25,26)/t16-,17?,18+,19-,20-/m0/s1. The SMILES string of the molecule is CC(C)(C)N(C(=O)O)C1CC[C@@H]2[C@@H](C1)C[C@H](O)[C@H]2COCc1ccccc1. The fourth-order valence-electron chi connectivity index (χ4n) is 5.21. The molecule has 3 rings (SSSR count).